The first kappa shape index (κ1) is 10.9. The number of aryl methyl sites for hydroxylation is 1. The smallest absolute Gasteiger partial charge is 0.317 e. The molecule has 16 heavy (non-hydrogen) atoms. The highest BCUT2D eigenvalue weighted by Gasteiger charge is 2.16. The second-order valence-electron chi connectivity index (χ2n) is 3.59. The van der Waals surface area contributed by atoms with Crippen LogP contribution in [0.15, 0.2) is 6.33 Å². The number of morpholine rings is 1. The maximum Gasteiger partial charge on any atom is 0.317 e. The largest absolute Gasteiger partial charge is 0.378 e. The molecule has 0 spiro atoms. The highest BCUT2D eigenvalue weighted by Crippen LogP contribution is 1.97. The summed E-state index contributed by atoms with van der Waals surface area (Å²) in [5.74, 6) is 0.615. The Balaban J connectivity index is 1.78. The van der Waals surface area contributed by atoms with Crippen molar-refractivity contribution < 1.29 is 9.53 Å². The number of hydrogen-bond donors (Lipinski definition) is 1. The van der Waals surface area contributed by atoms with Gasteiger partial charge in [0, 0.05) is 20.1 Å². The zero-order chi connectivity index (χ0) is 11.4. The lowest BCUT2D eigenvalue weighted by Crippen LogP contribution is -2.46. The van der Waals surface area contributed by atoms with Gasteiger partial charge in [0.05, 0.1) is 19.8 Å². The summed E-state index contributed by atoms with van der Waals surface area (Å²) in [6.45, 7) is 2.85. The molecule has 0 radical (unpaired) electrons. The van der Waals surface area contributed by atoms with Gasteiger partial charge in [-0.2, -0.15) is 5.10 Å². The van der Waals surface area contributed by atoms with Gasteiger partial charge in [-0.15, -0.1) is 0 Å². The van der Waals surface area contributed by atoms with E-state index in [1.165, 1.54) is 0 Å². The minimum Gasteiger partial charge on any atom is -0.378 e. The molecule has 1 N–H and O–H groups in total. The van der Waals surface area contributed by atoms with Gasteiger partial charge in [0.2, 0.25) is 0 Å². The number of amides is 2. The Morgan fingerprint density at radius 3 is 2.94 bits per heavy atom. The summed E-state index contributed by atoms with van der Waals surface area (Å²) < 4.78 is 6.77. The van der Waals surface area contributed by atoms with Crippen molar-refractivity contribution in [1.29, 1.82) is 0 Å². The molecule has 1 aromatic heterocycles. The van der Waals surface area contributed by atoms with Gasteiger partial charge in [-0.05, 0) is 0 Å². The van der Waals surface area contributed by atoms with E-state index in [1.54, 1.807) is 23.0 Å². The molecular weight excluding hydrogens is 210 g/mol. The number of hydrogen-bond acceptors (Lipinski definition) is 4. The van der Waals surface area contributed by atoms with E-state index in [1.807, 2.05) is 0 Å². The van der Waals surface area contributed by atoms with Crippen molar-refractivity contribution in [2.75, 3.05) is 26.3 Å². The number of aromatic nitrogens is 3. The van der Waals surface area contributed by atoms with E-state index in [4.69, 9.17) is 4.74 Å². The first-order valence-corrected chi connectivity index (χ1v) is 5.21. The van der Waals surface area contributed by atoms with Crippen molar-refractivity contribution in [1.82, 2.24) is 25.0 Å². The normalized spacial score (nSPS) is 16.2. The Morgan fingerprint density at radius 1 is 1.56 bits per heavy atom. The molecule has 7 heteroatoms. The van der Waals surface area contributed by atoms with Gasteiger partial charge in [0.1, 0.15) is 6.33 Å². The third-order valence-corrected chi connectivity index (χ3v) is 2.34. The van der Waals surface area contributed by atoms with E-state index in [2.05, 4.69) is 15.4 Å². The van der Waals surface area contributed by atoms with Crippen molar-refractivity contribution in [3.8, 4) is 0 Å². The highest BCUT2D eigenvalue weighted by molar-refractivity contribution is 5.74. The fraction of sp³-hybridized carbons (Fsp3) is 0.667. The van der Waals surface area contributed by atoms with Gasteiger partial charge in [0.15, 0.2) is 5.82 Å². The van der Waals surface area contributed by atoms with E-state index < -0.39 is 0 Å². The van der Waals surface area contributed by atoms with E-state index in [9.17, 15) is 4.79 Å². The standard InChI is InChI=1S/C9H15N5O2/c1-13-7-11-8(12-13)6-10-9(15)14-2-4-16-5-3-14/h7H,2-6H2,1H3,(H,10,15). The third kappa shape index (κ3) is 2.69. The molecule has 2 rings (SSSR count). The van der Waals surface area contributed by atoms with Crippen molar-refractivity contribution in [3.63, 3.8) is 0 Å². The number of nitrogens with one attached hydrogen (secondary N) is 1. The summed E-state index contributed by atoms with van der Waals surface area (Å²) in [7, 11) is 1.79. The van der Waals surface area contributed by atoms with Gasteiger partial charge in [-0.25, -0.2) is 9.78 Å². The Bertz CT molecular complexity index is 359. The second-order valence-corrected chi connectivity index (χ2v) is 3.59. The average molecular weight is 225 g/mol. The first-order valence-electron chi connectivity index (χ1n) is 5.21. The highest BCUT2D eigenvalue weighted by atomic mass is 16.5. The molecule has 0 atom stereocenters. The minimum atomic E-state index is -0.0873. The first-order chi connectivity index (χ1) is 7.75. The molecule has 2 amide bonds. The van der Waals surface area contributed by atoms with Crippen LogP contribution in [0.25, 0.3) is 0 Å². The van der Waals surface area contributed by atoms with Crippen LogP contribution in [0.2, 0.25) is 0 Å². The molecule has 0 aromatic carbocycles. The van der Waals surface area contributed by atoms with E-state index in [0.29, 0.717) is 38.7 Å². The predicted molar refractivity (Wildman–Crippen MR) is 55.6 cm³/mol. The molecular formula is C9H15N5O2. The molecule has 1 saturated heterocycles. The van der Waals surface area contributed by atoms with Crippen LogP contribution < -0.4 is 5.32 Å². The Hall–Kier alpha value is -1.63. The number of ether oxygens (including phenoxy) is 1. The molecule has 1 aromatic rings. The molecule has 1 aliphatic heterocycles. The summed E-state index contributed by atoms with van der Waals surface area (Å²) in [5.41, 5.74) is 0. The Kier molecular flexibility index (Phi) is 3.35. The zero-order valence-electron chi connectivity index (χ0n) is 9.22. The lowest BCUT2D eigenvalue weighted by atomic mass is 10.4. The minimum absolute atomic E-state index is 0.0873. The fourth-order valence-corrected chi connectivity index (χ4v) is 1.50. The lowest BCUT2D eigenvalue weighted by Gasteiger charge is -2.26. The predicted octanol–water partition coefficient (Wildman–Crippen LogP) is -0.643. The van der Waals surface area contributed by atoms with Gasteiger partial charge < -0.3 is 15.0 Å². The van der Waals surface area contributed by atoms with Crippen LogP contribution in [0, 0.1) is 0 Å². The molecule has 0 unspecified atom stereocenters. The number of carbonyl (C=O) groups excluding carboxylic acids is 1. The molecule has 1 aliphatic rings. The van der Waals surface area contributed by atoms with Crippen molar-refractivity contribution in [2.24, 2.45) is 7.05 Å². The molecule has 1 fully saturated rings. The van der Waals surface area contributed by atoms with Crippen LogP contribution in [0.4, 0.5) is 4.79 Å². The van der Waals surface area contributed by atoms with Gasteiger partial charge in [0.25, 0.3) is 0 Å². The summed E-state index contributed by atoms with van der Waals surface area (Å²) in [6.07, 6.45) is 1.61. The van der Waals surface area contributed by atoms with Gasteiger partial charge >= 0.3 is 6.03 Å². The fourth-order valence-electron chi connectivity index (χ4n) is 1.50. The van der Waals surface area contributed by atoms with Crippen LogP contribution in [0.3, 0.4) is 0 Å². The molecule has 0 bridgehead atoms. The van der Waals surface area contributed by atoms with Crippen molar-refractivity contribution in [2.45, 2.75) is 6.54 Å². The summed E-state index contributed by atoms with van der Waals surface area (Å²) >= 11 is 0. The van der Waals surface area contributed by atoms with Gasteiger partial charge in [-0.1, -0.05) is 0 Å². The van der Waals surface area contributed by atoms with E-state index in [-0.39, 0.29) is 6.03 Å². The number of urea groups is 1. The molecule has 0 saturated carbocycles. The number of nitrogens with zero attached hydrogens (tertiary/aromatic N) is 4. The van der Waals surface area contributed by atoms with Crippen molar-refractivity contribution >= 4 is 6.03 Å². The van der Waals surface area contributed by atoms with E-state index in [0.717, 1.165) is 0 Å². The van der Waals surface area contributed by atoms with Crippen LogP contribution in [-0.4, -0.2) is 52.0 Å². The van der Waals surface area contributed by atoms with Crippen LogP contribution in [0.5, 0.6) is 0 Å². The molecule has 0 aliphatic carbocycles. The van der Waals surface area contributed by atoms with E-state index >= 15 is 0 Å². The Labute approximate surface area is 93.4 Å². The van der Waals surface area contributed by atoms with Crippen LogP contribution >= 0.6 is 0 Å². The maximum atomic E-state index is 11.7. The number of carbonyl (C=O) groups is 1. The summed E-state index contributed by atoms with van der Waals surface area (Å²) in [6, 6.07) is -0.0873. The second kappa shape index (κ2) is 4.93. The van der Waals surface area contributed by atoms with Crippen LogP contribution in [-0.2, 0) is 18.3 Å². The quantitative estimate of drug-likeness (QED) is 0.726. The average Bonchev–Trinajstić information content (AvgIpc) is 2.73. The monoisotopic (exact) mass is 225 g/mol. The summed E-state index contributed by atoms with van der Waals surface area (Å²) in [4.78, 5) is 17.4. The molecule has 88 valence electrons. The maximum absolute atomic E-state index is 11.7. The molecule has 7 nitrogen and oxygen atoms in total. The molecule has 2 heterocycles. The zero-order valence-corrected chi connectivity index (χ0v) is 9.22. The van der Waals surface area contributed by atoms with Gasteiger partial charge in [-0.3, -0.25) is 4.68 Å². The van der Waals surface area contributed by atoms with Crippen molar-refractivity contribution in [3.05, 3.63) is 12.2 Å². The number of rotatable bonds is 2. The third-order valence-electron chi connectivity index (χ3n) is 2.34. The summed E-state index contributed by atoms with van der Waals surface area (Å²) in [5, 5.41) is 6.85. The SMILES string of the molecule is Cn1cnc(CNC(=O)N2CCOCC2)n1. The van der Waals surface area contributed by atoms with Crippen LogP contribution in [0.1, 0.15) is 5.82 Å². The lowest BCUT2D eigenvalue weighted by molar-refractivity contribution is 0.0531. The topological polar surface area (TPSA) is 72.3 Å². The Morgan fingerprint density at radius 2 is 2.31 bits per heavy atom.